The van der Waals surface area contributed by atoms with Crippen LogP contribution in [0.1, 0.15) is 25.8 Å². The summed E-state index contributed by atoms with van der Waals surface area (Å²) in [5.41, 5.74) is 0.651. The summed E-state index contributed by atoms with van der Waals surface area (Å²) in [5, 5.41) is 21.9. The number of benzene rings is 2. The predicted octanol–water partition coefficient (Wildman–Crippen LogP) is 4.52. The number of halogens is 2. The summed E-state index contributed by atoms with van der Waals surface area (Å²) >= 11 is 11.6. The Morgan fingerprint density at radius 3 is 2.32 bits per heavy atom. The van der Waals surface area contributed by atoms with Gasteiger partial charge >= 0.3 is 0 Å². The first-order valence-electron chi connectivity index (χ1n) is 7.72. The van der Waals surface area contributed by atoms with Crippen LogP contribution >= 0.6 is 23.2 Å². The van der Waals surface area contributed by atoms with E-state index in [1.165, 1.54) is 24.6 Å². The fraction of sp³-hybridized carbons (Fsp3) is 0.278. The monoisotopic (exact) mass is 385 g/mol. The molecule has 1 amide bonds. The number of aromatic hydroxyl groups is 2. The zero-order valence-electron chi connectivity index (χ0n) is 14.1. The SMILES string of the molecule is CCC.O=C(COc1ccc(Cl)c(Cl)c1)NCc1ccc(O)c(O)c1. The summed E-state index contributed by atoms with van der Waals surface area (Å²) < 4.78 is 5.29. The standard InChI is InChI=1S/C15H13Cl2NO4.C3H8/c16-11-3-2-10(6-12(11)17)22-8-15(21)18-7-9-1-4-13(19)14(20)5-9;1-3-2/h1-6,19-20H,7-8H2,(H,18,21);3H2,1-2H3. The summed E-state index contributed by atoms with van der Waals surface area (Å²) in [7, 11) is 0. The molecule has 2 aromatic rings. The van der Waals surface area contributed by atoms with Crippen molar-refractivity contribution in [2.75, 3.05) is 6.61 Å². The third-order valence-electron chi connectivity index (χ3n) is 2.79. The first-order valence-corrected chi connectivity index (χ1v) is 8.48. The molecular weight excluding hydrogens is 365 g/mol. The van der Waals surface area contributed by atoms with Crippen molar-refractivity contribution in [3.05, 3.63) is 52.0 Å². The fourth-order valence-corrected chi connectivity index (χ4v) is 1.93. The molecule has 0 aliphatic rings. The first kappa shape index (κ1) is 20.9. The Morgan fingerprint density at radius 1 is 1.04 bits per heavy atom. The molecule has 136 valence electrons. The summed E-state index contributed by atoms with van der Waals surface area (Å²) in [5.74, 6) is -0.345. The van der Waals surface area contributed by atoms with Crippen LogP contribution < -0.4 is 10.1 Å². The molecule has 3 N–H and O–H groups in total. The minimum atomic E-state index is -0.335. The summed E-state index contributed by atoms with van der Waals surface area (Å²) in [4.78, 5) is 11.7. The fourth-order valence-electron chi connectivity index (χ4n) is 1.65. The van der Waals surface area contributed by atoms with E-state index in [1.54, 1.807) is 18.2 Å². The predicted molar refractivity (Wildman–Crippen MR) is 99.5 cm³/mol. The van der Waals surface area contributed by atoms with Crippen LogP contribution in [0.25, 0.3) is 0 Å². The lowest BCUT2D eigenvalue weighted by Crippen LogP contribution is -2.28. The maximum Gasteiger partial charge on any atom is 0.258 e. The highest BCUT2D eigenvalue weighted by Gasteiger charge is 2.06. The van der Waals surface area contributed by atoms with Gasteiger partial charge in [0.15, 0.2) is 18.1 Å². The van der Waals surface area contributed by atoms with Gasteiger partial charge in [-0.2, -0.15) is 0 Å². The van der Waals surface area contributed by atoms with E-state index >= 15 is 0 Å². The van der Waals surface area contributed by atoms with Gasteiger partial charge in [-0.25, -0.2) is 0 Å². The zero-order valence-corrected chi connectivity index (χ0v) is 15.6. The maximum atomic E-state index is 11.7. The molecule has 0 unspecified atom stereocenters. The van der Waals surface area contributed by atoms with Crippen LogP contribution in [0.2, 0.25) is 10.0 Å². The van der Waals surface area contributed by atoms with Crippen LogP contribution in [-0.4, -0.2) is 22.7 Å². The van der Waals surface area contributed by atoms with Crippen LogP contribution in [-0.2, 0) is 11.3 Å². The second-order valence-electron chi connectivity index (χ2n) is 5.17. The number of rotatable bonds is 5. The summed E-state index contributed by atoms with van der Waals surface area (Å²) in [6.45, 7) is 4.28. The Kier molecular flexibility index (Phi) is 8.95. The van der Waals surface area contributed by atoms with E-state index in [4.69, 9.17) is 27.9 Å². The van der Waals surface area contributed by atoms with E-state index in [9.17, 15) is 15.0 Å². The Hall–Kier alpha value is -2.11. The van der Waals surface area contributed by atoms with Gasteiger partial charge in [0, 0.05) is 12.6 Å². The zero-order chi connectivity index (χ0) is 18.8. The highest BCUT2D eigenvalue weighted by molar-refractivity contribution is 6.42. The molecule has 0 radical (unpaired) electrons. The van der Waals surface area contributed by atoms with Crippen molar-refractivity contribution in [3.8, 4) is 17.2 Å². The number of phenols is 2. The Morgan fingerprint density at radius 2 is 1.72 bits per heavy atom. The van der Waals surface area contributed by atoms with Crippen molar-refractivity contribution in [2.24, 2.45) is 0 Å². The van der Waals surface area contributed by atoms with E-state index in [0.717, 1.165) is 0 Å². The number of hydrogen-bond acceptors (Lipinski definition) is 4. The second kappa shape index (κ2) is 10.7. The average molecular weight is 386 g/mol. The number of carbonyl (C=O) groups is 1. The van der Waals surface area contributed by atoms with Gasteiger partial charge in [-0.05, 0) is 29.8 Å². The average Bonchev–Trinajstić information content (AvgIpc) is 2.58. The van der Waals surface area contributed by atoms with Gasteiger partial charge in [0.1, 0.15) is 5.75 Å². The third-order valence-corrected chi connectivity index (χ3v) is 3.53. The van der Waals surface area contributed by atoms with Gasteiger partial charge in [-0.3, -0.25) is 4.79 Å². The first-order chi connectivity index (χ1) is 11.9. The highest BCUT2D eigenvalue weighted by atomic mass is 35.5. The molecule has 0 fully saturated rings. The number of phenolic OH excluding ortho intramolecular Hbond substituents is 2. The molecule has 0 heterocycles. The van der Waals surface area contributed by atoms with Crippen molar-refractivity contribution in [2.45, 2.75) is 26.8 Å². The molecule has 2 rings (SSSR count). The van der Waals surface area contributed by atoms with Gasteiger partial charge in [0.2, 0.25) is 0 Å². The normalized spacial score (nSPS) is 9.76. The lowest BCUT2D eigenvalue weighted by Gasteiger charge is -2.09. The van der Waals surface area contributed by atoms with Crippen molar-refractivity contribution in [3.63, 3.8) is 0 Å². The molecule has 25 heavy (non-hydrogen) atoms. The number of carbonyl (C=O) groups excluding carboxylic acids is 1. The van der Waals surface area contributed by atoms with Crippen LogP contribution in [0, 0.1) is 0 Å². The molecule has 2 aromatic carbocycles. The lowest BCUT2D eigenvalue weighted by atomic mass is 10.2. The number of hydrogen-bond donors (Lipinski definition) is 3. The van der Waals surface area contributed by atoms with Crippen LogP contribution in [0.5, 0.6) is 17.2 Å². The maximum absolute atomic E-state index is 11.7. The molecule has 0 spiro atoms. The smallest absolute Gasteiger partial charge is 0.258 e. The molecule has 0 saturated heterocycles. The molecule has 0 bridgehead atoms. The largest absolute Gasteiger partial charge is 0.504 e. The molecule has 0 aromatic heterocycles. The highest BCUT2D eigenvalue weighted by Crippen LogP contribution is 2.26. The lowest BCUT2D eigenvalue weighted by molar-refractivity contribution is -0.123. The van der Waals surface area contributed by atoms with Crippen molar-refractivity contribution < 1.29 is 19.7 Å². The van der Waals surface area contributed by atoms with Crippen LogP contribution in [0.15, 0.2) is 36.4 Å². The van der Waals surface area contributed by atoms with E-state index in [0.29, 0.717) is 21.4 Å². The van der Waals surface area contributed by atoms with Gasteiger partial charge in [-0.15, -0.1) is 0 Å². The van der Waals surface area contributed by atoms with Crippen molar-refractivity contribution in [1.29, 1.82) is 0 Å². The molecule has 5 nitrogen and oxygen atoms in total. The molecular formula is C18H21Cl2NO4. The van der Waals surface area contributed by atoms with Crippen LogP contribution in [0.3, 0.4) is 0 Å². The van der Waals surface area contributed by atoms with Crippen molar-refractivity contribution >= 4 is 29.1 Å². The Balaban J connectivity index is 0.000000970. The Labute approximate surface area is 157 Å². The summed E-state index contributed by atoms with van der Waals surface area (Å²) in [6, 6.07) is 9.03. The topological polar surface area (TPSA) is 78.8 Å². The molecule has 0 aliphatic carbocycles. The molecule has 0 atom stereocenters. The van der Waals surface area contributed by atoms with Gasteiger partial charge in [0.25, 0.3) is 5.91 Å². The van der Waals surface area contributed by atoms with E-state index in [1.807, 2.05) is 0 Å². The van der Waals surface area contributed by atoms with Crippen molar-refractivity contribution in [1.82, 2.24) is 5.32 Å². The quantitative estimate of drug-likeness (QED) is 0.661. The van der Waals surface area contributed by atoms with E-state index in [2.05, 4.69) is 19.2 Å². The van der Waals surface area contributed by atoms with Gasteiger partial charge in [0.05, 0.1) is 10.0 Å². The number of amides is 1. The van der Waals surface area contributed by atoms with E-state index < -0.39 is 0 Å². The molecule has 0 saturated carbocycles. The third kappa shape index (κ3) is 7.54. The number of ether oxygens (including phenoxy) is 1. The Bertz CT molecular complexity index is 650. The van der Waals surface area contributed by atoms with Gasteiger partial charge in [-0.1, -0.05) is 49.5 Å². The van der Waals surface area contributed by atoms with Crippen LogP contribution in [0.4, 0.5) is 0 Å². The minimum absolute atomic E-state index is 0.179. The second-order valence-corrected chi connectivity index (χ2v) is 5.99. The molecule has 7 heteroatoms. The molecule has 0 aliphatic heterocycles. The minimum Gasteiger partial charge on any atom is -0.504 e. The van der Waals surface area contributed by atoms with E-state index in [-0.39, 0.29) is 30.6 Å². The van der Waals surface area contributed by atoms with Gasteiger partial charge < -0.3 is 20.3 Å². The number of nitrogens with one attached hydrogen (secondary N) is 1. The summed E-state index contributed by atoms with van der Waals surface area (Å²) in [6.07, 6.45) is 1.25.